The van der Waals surface area contributed by atoms with Gasteiger partial charge in [-0.1, -0.05) is 26.0 Å². The third-order valence-corrected chi connectivity index (χ3v) is 7.36. The largest absolute Gasteiger partial charge is 0.497 e. The first kappa shape index (κ1) is 30.8. The second kappa shape index (κ2) is 13.9. The van der Waals surface area contributed by atoms with Crippen LogP contribution in [0.4, 0.5) is 5.69 Å². The van der Waals surface area contributed by atoms with Crippen LogP contribution in [0, 0.1) is 0 Å². The van der Waals surface area contributed by atoms with E-state index in [2.05, 4.69) is 5.32 Å². The van der Waals surface area contributed by atoms with Gasteiger partial charge in [0.05, 0.1) is 33.3 Å². The van der Waals surface area contributed by atoms with Gasteiger partial charge < -0.3 is 24.4 Å². The first-order valence-electron chi connectivity index (χ1n) is 12.4. The molecule has 0 aliphatic heterocycles. The quantitative estimate of drug-likeness (QED) is 0.385. The number of carbonyl (C=O) groups excluding carboxylic acids is 2. The number of benzene rings is 2. The van der Waals surface area contributed by atoms with Crippen LogP contribution in [0.2, 0.25) is 0 Å². The maximum absolute atomic E-state index is 13.8. The molecule has 0 aliphatic carbocycles. The molecule has 38 heavy (non-hydrogen) atoms. The molecule has 0 radical (unpaired) electrons. The molecule has 2 rings (SSSR count). The minimum absolute atomic E-state index is 0.0782. The number of carbonyl (C=O) groups is 2. The van der Waals surface area contributed by atoms with E-state index < -0.39 is 28.5 Å². The number of hydrogen-bond donors (Lipinski definition) is 1. The van der Waals surface area contributed by atoms with E-state index in [1.807, 2.05) is 20.8 Å². The molecule has 2 aromatic rings. The Morgan fingerprint density at radius 3 is 2.03 bits per heavy atom. The van der Waals surface area contributed by atoms with Gasteiger partial charge in [0.15, 0.2) is 0 Å². The Labute approximate surface area is 225 Å². The lowest BCUT2D eigenvalue weighted by molar-refractivity contribution is -0.140. The monoisotopic (exact) mass is 549 g/mol. The SMILES string of the molecule is CCC(C)NC(=O)C(CC)N(Cc1ccc(OC)cc1)C(=O)CN(c1ccc(OC)cc1OC)S(C)(=O)=O. The van der Waals surface area contributed by atoms with Crippen LogP contribution in [-0.4, -0.2) is 71.3 Å². The molecule has 2 amide bonds. The molecule has 0 aromatic heterocycles. The van der Waals surface area contributed by atoms with Gasteiger partial charge in [0.25, 0.3) is 0 Å². The Hall–Kier alpha value is -3.47. The molecule has 0 saturated heterocycles. The van der Waals surface area contributed by atoms with Gasteiger partial charge in [-0.15, -0.1) is 0 Å². The molecule has 2 unspecified atom stereocenters. The maximum atomic E-state index is 13.8. The normalized spacial score (nSPS) is 12.7. The van der Waals surface area contributed by atoms with Crippen LogP contribution in [0.3, 0.4) is 0 Å². The van der Waals surface area contributed by atoms with E-state index in [4.69, 9.17) is 14.2 Å². The molecule has 1 N–H and O–H groups in total. The van der Waals surface area contributed by atoms with Crippen LogP contribution < -0.4 is 23.8 Å². The van der Waals surface area contributed by atoms with Crippen molar-refractivity contribution in [3.8, 4) is 17.2 Å². The highest BCUT2D eigenvalue weighted by molar-refractivity contribution is 7.92. The second-order valence-electron chi connectivity index (χ2n) is 8.92. The van der Waals surface area contributed by atoms with Crippen molar-refractivity contribution >= 4 is 27.5 Å². The van der Waals surface area contributed by atoms with E-state index >= 15 is 0 Å². The summed E-state index contributed by atoms with van der Waals surface area (Å²) in [6.45, 7) is 5.24. The lowest BCUT2D eigenvalue weighted by Gasteiger charge is -2.33. The Morgan fingerprint density at radius 1 is 0.921 bits per heavy atom. The van der Waals surface area contributed by atoms with Gasteiger partial charge >= 0.3 is 0 Å². The fourth-order valence-electron chi connectivity index (χ4n) is 3.87. The average molecular weight is 550 g/mol. The van der Waals surface area contributed by atoms with Gasteiger partial charge in [-0.3, -0.25) is 13.9 Å². The third kappa shape index (κ3) is 8.01. The van der Waals surface area contributed by atoms with Gasteiger partial charge in [0, 0.05) is 18.7 Å². The lowest BCUT2D eigenvalue weighted by atomic mass is 10.1. The van der Waals surface area contributed by atoms with E-state index in [-0.39, 0.29) is 29.9 Å². The fraction of sp³-hybridized carbons (Fsp3) is 0.481. The van der Waals surface area contributed by atoms with Crippen molar-refractivity contribution in [1.82, 2.24) is 10.2 Å². The molecule has 2 aromatic carbocycles. The minimum Gasteiger partial charge on any atom is -0.497 e. The molecular formula is C27H39N3O7S. The topological polar surface area (TPSA) is 114 Å². The van der Waals surface area contributed by atoms with Crippen molar-refractivity contribution in [2.45, 2.75) is 52.2 Å². The van der Waals surface area contributed by atoms with Crippen molar-refractivity contribution in [2.24, 2.45) is 0 Å². The Balaban J connectivity index is 2.50. The van der Waals surface area contributed by atoms with Crippen molar-refractivity contribution in [1.29, 1.82) is 0 Å². The zero-order valence-corrected chi connectivity index (χ0v) is 24.0. The van der Waals surface area contributed by atoms with Gasteiger partial charge in [-0.25, -0.2) is 8.42 Å². The van der Waals surface area contributed by atoms with Crippen LogP contribution in [-0.2, 0) is 26.2 Å². The summed E-state index contributed by atoms with van der Waals surface area (Å²) >= 11 is 0. The van der Waals surface area contributed by atoms with Crippen LogP contribution in [0.1, 0.15) is 39.2 Å². The lowest BCUT2D eigenvalue weighted by Crippen LogP contribution is -2.53. The highest BCUT2D eigenvalue weighted by atomic mass is 32.2. The number of amides is 2. The molecule has 0 fully saturated rings. The van der Waals surface area contributed by atoms with Crippen molar-refractivity contribution in [3.05, 3.63) is 48.0 Å². The fourth-order valence-corrected chi connectivity index (χ4v) is 4.73. The molecule has 0 bridgehead atoms. The number of rotatable bonds is 14. The summed E-state index contributed by atoms with van der Waals surface area (Å²) < 4.78 is 42.6. The second-order valence-corrected chi connectivity index (χ2v) is 10.8. The van der Waals surface area contributed by atoms with Crippen molar-refractivity contribution < 1.29 is 32.2 Å². The summed E-state index contributed by atoms with van der Waals surface area (Å²) in [6.07, 6.45) is 2.09. The standard InChI is InChI=1S/C27H39N3O7S/c1-8-19(3)28-27(32)23(9-2)29(17-20-10-12-21(35-4)13-11-20)26(31)18-30(38(7,33)34)24-15-14-22(36-5)16-25(24)37-6/h10-16,19,23H,8-9,17-18H2,1-7H3,(H,28,32). The zero-order chi connectivity index (χ0) is 28.5. The molecular weight excluding hydrogens is 510 g/mol. The summed E-state index contributed by atoms with van der Waals surface area (Å²) in [5.41, 5.74) is 0.951. The van der Waals surface area contributed by atoms with Gasteiger partial charge in [0.1, 0.15) is 29.8 Å². The molecule has 2 atom stereocenters. The number of methoxy groups -OCH3 is 3. The van der Waals surface area contributed by atoms with Gasteiger partial charge in [-0.05, 0) is 49.6 Å². The number of sulfonamides is 1. The van der Waals surface area contributed by atoms with Crippen LogP contribution in [0.15, 0.2) is 42.5 Å². The van der Waals surface area contributed by atoms with Gasteiger partial charge in [-0.2, -0.15) is 0 Å². The molecule has 0 aliphatic rings. The first-order chi connectivity index (χ1) is 18.0. The number of nitrogens with zero attached hydrogens (tertiary/aromatic N) is 2. The molecule has 10 nitrogen and oxygen atoms in total. The van der Waals surface area contributed by atoms with E-state index in [1.54, 1.807) is 43.5 Å². The molecule has 210 valence electrons. The summed E-state index contributed by atoms with van der Waals surface area (Å²) in [5, 5.41) is 2.95. The number of hydrogen-bond acceptors (Lipinski definition) is 7. The molecule has 0 saturated carbocycles. The minimum atomic E-state index is -3.91. The van der Waals surface area contributed by atoms with Crippen LogP contribution in [0.5, 0.6) is 17.2 Å². The highest BCUT2D eigenvalue weighted by Gasteiger charge is 2.33. The average Bonchev–Trinajstić information content (AvgIpc) is 2.90. The van der Waals surface area contributed by atoms with E-state index in [0.29, 0.717) is 17.9 Å². The Kier molecular flexibility index (Phi) is 11.2. The summed E-state index contributed by atoms with van der Waals surface area (Å²) in [6, 6.07) is 10.9. The number of nitrogens with one attached hydrogen (secondary N) is 1. The summed E-state index contributed by atoms with van der Waals surface area (Å²) in [7, 11) is 0.542. The van der Waals surface area contributed by atoms with E-state index in [9.17, 15) is 18.0 Å². The maximum Gasteiger partial charge on any atom is 0.244 e. The summed E-state index contributed by atoms with van der Waals surface area (Å²) in [4.78, 5) is 28.5. The van der Waals surface area contributed by atoms with Crippen molar-refractivity contribution in [2.75, 3.05) is 38.4 Å². The first-order valence-corrected chi connectivity index (χ1v) is 14.3. The Bertz CT molecular complexity index is 1190. The van der Waals surface area contributed by atoms with Gasteiger partial charge in [0.2, 0.25) is 21.8 Å². The van der Waals surface area contributed by atoms with E-state index in [0.717, 1.165) is 22.5 Å². The van der Waals surface area contributed by atoms with Crippen LogP contribution >= 0.6 is 0 Å². The van der Waals surface area contributed by atoms with E-state index in [1.165, 1.54) is 25.2 Å². The highest BCUT2D eigenvalue weighted by Crippen LogP contribution is 2.33. The zero-order valence-electron chi connectivity index (χ0n) is 23.2. The molecule has 11 heteroatoms. The van der Waals surface area contributed by atoms with Crippen LogP contribution in [0.25, 0.3) is 0 Å². The predicted molar refractivity (Wildman–Crippen MR) is 147 cm³/mol. The molecule has 0 spiro atoms. The van der Waals surface area contributed by atoms with Crippen molar-refractivity contribution in [3.63, 3.8) is 0 Å². The number of anilines is 1. The smallest absolute Gasteiger partial charge is 0.244 e. The molecule has 0 heterocycles. The Morgan fingerprint density at radius 2 is 1.53 bits per heavy atom. The summed E-state index contributed by atoms with van der Waals surface area (Å²) in [5.74, 6) is 0.528. The predicted octanol–water partition coefficient (Wildman–Crippen LogP) is 3.20. The third-order valence-electron chi connectivity index (χ3n) is 6.23. The number of ether oxygens (including phenoxy) is 3.